The molecule has 3 aliphatic heterocycles. The second-order valence-electron chi connectivity index (χ2n) is 11.9. The number of aromatic nitrogens is 5. The van der Waals surface area contributed by atoms with Crippen molar-refractivity contribution in [1.82, 2.24) is 25.0 Å². The number of benzene rings is 1. The molecule has 43 heavy (non-hydrogen) atoms. The maximum Gasteiger partial charge on any atom is 0.229 e. The van der Waals surface area contributed by atoms with Crippen LogP contribution in [0.2, 0.25) is 0 Å². The van der Waals surface area contributed by atoms with E-state index in [0.29, 0.717) is 29.6 Å². The van der Waals surface area contributed by atoms with E-state index in [-0.39, 0.29) is 17.7 Å². The van der Waals surface area contributed by atoms with E-state index in [4.69, 9.17) is 35.6 Å². The minimum Gasteiger partial charge on any atom is -0.493 e. The van der Waals surface area contributed by atoms with Gasteiger partial charge in [-0.25, -0.2) is 9.53 Å². The van der Waals surface area contributed by atoms with Gasteiger partial charge in [-0.3, -0.25) is 4.98 Å². The van der Waals surface area contributed by atoms with Crippen LogP contribution in [0.3, 0.4) is 0 Å². The maximum absolute atomic E-state index is 7.94. The zero-order valence-electron chi connectivity index (χ0n) is 25.0. The maximum atomic E-state index is 7.94. The molecule has 11 heteroatoms. The summed E-state index contributed by atoms with van der Waals surface area (Å²) in [6, 6.07) is 5.84. The number of hydrogen-bond donors (Lipinski definition) is 0. The predicted octanol–water partition coefficient (Wildman–Crippen LogP) is 5.74. The number of anilines is 1. The Morgan fingerprint density at radius 1 is 1.12 bits per heavy atom. The molecule has 0 N–H and O–H groups in total. The molecule has 2 atom stereocenters. The van der Waals surface area contributed by atoms with Crippen molar-refractivity contribution in [2.75, 3.05) is 44.9 Å². The predicted molar refractivity (Wildman–Crippen MR) is 161 cm³/mol. The van der Waals surface area contributed by atoms with Crippen molar-refractivity contribution in [1.29, 1.82) is 0 Å². The topological polar surface area (TPSA) is 101 Å². The van der Waals surface area contributed by atoms with E-state index in [1.54, 1.807) is 13.3 Å². The van der Waals surface area contributed by atoms with Crippen LogP contribution < -0.4 is 14.4 Å². The number of nitrogens with zero attached hydrogens (tertiary/aromatic N) is 7. The van der Waals surface area contributed by atoms with Crippen LogP contribution in [0.25, 0.3) is 27.0 Å². The van der Waals surface area contributed by atoms with Crippen LogP contribution >= 0.6 is 0 Å². The Morgan fingerprint density at radius 2 is 1.95 bits per heavy atom. The summed E-state index contributed by atoms with van der Waals surface area (Å²) < 4.78 is 25.9. The summed E-state index contributed by atoms with van der Waals surface area (Å²) in [5, 5.41) is 14.3. The van der Waals surface area contributed by atoms with Gasteiger partial charge in [0.2, 0.25) is 5.69 Å². The largest absolute Gasteiger partial charge is 0.493 e. The molecule has 0 saturated carbocycles. The Labute approximate surface area is 250 Å². The molecule has 3 saturated heterocycles. The van der Waals surface area contributed by atoms with Crippen molar-refractivity contribution in [3.63, 3.8) is 0 Å². The molecular formula is C32H35N7O4. The fourth-order valence-electron chi connectivity index (χ4n) is 6.61. The zero-order valence-corrected chi connectivity index (χ0v) is 25.0. The van der Waals surface area contributed by atoms with Gasteiger partial charge in [0.1, 0.15) is 17.6 Å². The lowest BCUT2D eigenvalue weighted by Gasteiger charge is -2.55. The molecule has 0 amide bonds. The van der Waals surface area contributed by atoms with E-state index in [2.05, 4.69) is 19.9 Å². The van der Waals surface area contributed by atoms with Gasteiger partial charge >= 0.3 is 0 Å². The lowest BCUT2D eigenvalue weighted by molar-refractivity contribution is -0.127. The highest BCUT2D eigenvalue weighted by atomic mass is 16.5. The zero-order chi connectivity index (χ0) is 29.7. The third kappa shape index (κ3) is 4.75. The minimum atomic E-state index is -0.294. The second kappa shape index (κ2) is 10.8. The van der Waals surface area contributed by atoms with Gasteiger partial charge in [0.05, 0.1) is 49.7 Å². The number of rotatable bonds is 7. The Morgan fingerprint density at radius 3 is 2.63 bits per heavy atom. The summed E-state index contributed by atoms with van der Waals surface area (Å²) in [6.07, 6.45) is 6.06. The number of hydrogen-bond acceptors (Lipinski definition) is 9. The SMILES string of the molecule is [C-]#[N+]c1cc(-c2nn(C3CCCCO3)c3cc(OC)c(O[C@H](C)c4c(C)cnnc4C)cc23)cnc1N1CC2(COC2)C1. The van der Waals surface area contributed by atoms with E-state index < -0.39 is 0 Å². The van der Waals surface area contributed by atoms with E-state index >= 15 is 0 Å². The van der Waals surface area contributed by atoms with Gasteiger partial charge in [-0.1, -0.05) is 0 Å². The molecule has 7 rings (SSSR count). The second-order valence-corrected chi connectivity index (χ2v) is 11.9. The van der Waals surface area contributed by atoms with E-state index in [1.807, 2.05) is 49.8 Å². The molecule has 1 aromatic carbocycles. The summed E-state index contributed by atoms with van der Waals surface area (Å²) >= 11 is 0. The third-order valence-corrected chi connectivity index (χ3v) is 8.81. The quantitative estimate of drug-likeness (QED) is 0.253. The van der Waals surface area contributed by atoms with E-state index in [9.17, 15) is 0 Å². The van der Waals surface area contributed by atoms with Crippen molar-refractivity contribution < 1.29 is 18.9 Å². The first-order chi connectivity index (χ1) is 20.9. The molecule has 0 radical (unpaired) electrons. The van der Waals surface area contributed by atoms with Gasteiger partial charge in [-0.15, -0.1) is 0 Å². The average Bonchev–Trinajstić information content (AvgIpc) is 3.34. The van der Waals surface area contributed by atoms with Gasteiger partial charge in [0, 0.05) is 48.5 Å². The van der Waals surface area contributed by atoms with Crippen LogP contribution in [-0.2, 0) is 9.47 Å². The molecule has 222 valence electrons. The van der Waals surface area contributed by atoms with Gasteiger partial charge in [-0.05, 0) is 57.7 Å². The van der Waals surface area contributed by atoms with Crippen LogP contribution in [0.1, 0.15) is 55.3 Å². The normalized spacial score (nSPS) is 19.9. The Bertz CT molecular complexity index is 1710. The van der Waals surface area contributed by atoms with Crippen LogP contribution in [-0.4, -0.2) is 65.0 Å². The summed E-state index contributed by atoms with van der Waals surface area (Å²) in [5.41, 5.74) is 5.93. The number of fused-ring (bicyclic) bond motifs is 1. The molecular weight excluding hydrogens is 546 g/mol. The van der Waals surface area contributed by atoms with Crippen LogP contribution in [0.5, 0.6) is 11.5 Å². The lowest BCUT2D eigenvalue weighted by Crippen LogP contribution is -2.66. The van der Waals surface area contributed by atoms with E-state index in [0.717, 1.165) is 84.5 Å². The third-order valence-electron chi connectivity index (χ3n) is 8.81. The fraction of sp³-hybridized carbons (Fsp3) is 0.469. The Hall–Kier alpha value is -4.27. The molecule has 1 spiro atoms. The molecule has 3 fully saturated rings. The Kier molecular flexibility index (Phi) is 6.91. The van der Waals surface area contributed by atoms with Crippen LogP contribution in [0.15, 0.2) is 30.6 Å². The van der Waals surface area contributed by atoms with Crippen molar-refractivity contribution >= 4 is 22.4 Å². The first kappa shape index (κ1) is 27.6. The molecule has 3 aliphatic rings. The van der Waals surface area contributed by atoms with E-state index in [1.165, 1.54) is 0 Å². The highest BCUT2D eigenvalue weighted by Gasteiger charge is 2.49. The smallest absolute Gasteiger partial charge is 0.229 e. The van der Waals surface area contributed by atoms with Crippen LogP contribution in [0.4, 0.5) is 11.5 Å². The number of aryl methyl sites for hydroxylation is 2. The van der Waals surface area contributed by atoms with Crippen molar-refractivity contribution in [2.45, 2.75) is 52.4 Å². The monoisotopic (exact) mass is 581 g/mol. The van der Waals surface area contributed by atoms with Gasteiger partial charge in [-0.2, -0.15) is 15.3 Å². The number of ether oxygens (including phenoxy) is 4. The average molecular weight is 582 g/mol. The molecule has 1 unspecified atom stereocenters. The molecule has 4 aromatic rings. The standard InChI is InChI=1S/C32H35N7O4/c1-19-13-35-36-20(2)29(19)21(3)43-27-11-23-25(12-26(27)40-5)39(28-8-6-7-9-42-28)37-30(23)22-10-24(33-4)31(34-14-22)38-15-32(16-38)17-41-18-32/h10-14,21,28H,6-9,15-18H2,1-3,5H3/t21-,28?/m1/s1. The Balaban J connectivity index is 1.31. The lowest BCUT2D eigenvalue weighted by atomic mass is 9.78. The number of pyridine rings is 1. The molecule has 6 heterocycles. The van der Waals surface area contributed by atoms with Crippen molar-refractivity contribution in [2.24, 2.45) is 5.41 Å². The van der Waals surface area contributed by atoms with Crippen molar-refractivity contribution in [3.8, 4) is 22.8 Å². The molecule has 3 aromatic heterocycles. The van der Waals surface area contributed by atoms with Gasteiger partial charge in [0.15, 0.2) is 17.7 Å². The first-order valence-corrected chi connectivity index (χ1v) is 14.8. The molecule has 11 nitrogen and oxygen atoms in total. The van der Waals surface area contributed by atoms with Crippen molar-refractivity contribution in [3.05, 3.63) is 58.8 Å². The highest BCUT2D eigenvalue weighted by molar-refractivity contribution is 5.96. The fourth-order valence-corrected chi connectivity index (χ4v) is 6.61. The van der Waals surface area contributed by atoms with Gasteiger partial charge in [0.25, 0.3) is 0 Å². The molecule has 0 bridgehead atoms. The molecule has 0 aliphatic carbocycles. The van der Waals surface area contributed by atoms with Gasteiger partial charge < -0.3 is 23.8 Å². The summed E-state index contributed by atoms with van der Waals surface area (Å²) in [6.45, 7) is 17.9. The summed E-state index contributed by atoms with van der Waals surface area (Å²) in [5.74, 6) is 1.90. The number of methoxy groups -OCH3 is 1. The highest BCUT2D eigenvalue weighted by Crippen LogP contribution is 2.45. The first-order valence-electron chi connectivity index (χ1n) is 14.8. The summed E-state index contributed by atoms with van der Waals surface area (Å²) in [4.78, 5) is 10.8. The minimum absolute atomic E-state index is 0.192. The van der Waals surface area contributed by atoms with Crippen LogP contribution in [0, 0.1) is 25.8 Å². The summed E-state index contributed by atoms with van der Waals surface area (Å²) in [7, 11) is 1.64.